The molecule has 0 aliphatic rings. The zero-order chi connectivity index (χ0) is 22.2. The molecule has 0 atom stereocenters. The van der Waals surface area contributed by atoms with Crippen LogP contribution >= 0.6 is 33.9 Å². The van der Waals surface area contributed by atoms with E-state index in [-0.39, 0.29) is 18.0 Å². The molecular formula is C24H16FIN2O3S. The predicted molar refractivity (Wildman–Crippen MR) is 132 cm³/mol. The van der Waals surface area contributed by atoms with Crippen molar-refractivity contribution >= 4 is 56.0 Å². The Bertz CT molecular complexity index is 1560. The van der Waals surface area contributed by atoms with Crippen molar-refractivity contribution in [3.8, 4) is 11.5 Å². The Balaban J connectivity index is 1.51. The van der Waals surface area contributed by atoms with E-state index in [1.54, 1.807) is 23.6 Å². The van der Waals surface area contributed by atoms with Gasteiger partial charge in [0.05, 0.1) is 26.2 Å². The minimum absolute atomic E-state index is 0.0932. The summed E-state index contributed by atoms with van der Waals surface area (Å²) in [6.07, 6.45) is 1.84. The summed E-state index contributed by atoms with van der Waals surface area (Å²) in [5.74, 6) is 0.876. The van der Waals surface area contributed by atoms with Crippen LogP contribution in [0.15, 0.2) is 65.5 Å². The molecule has 160 valence electrons. The molecule has 2 aromatic heterocycles. The van der Waals surface area contributed by atoms with Crippen LogP contribution in [0, 0.1) is 9.39 Å². The highest BCUT2D eigenvalue weighted by Gasteiger charge is 2.14. The van der Waals surface area contributed by atoms with Gasteiger partial charge in [0.25, 0.3) is 5.56 Å². The minimum atomic E-state index is -0.285. The largest absolute Gasteiger partial charge is 0.493 e. The van der Waals surface area contributed by atoms with Gasteiger partial charge in [-0.15, -0.1) is 0 Å². The van der Waals surface area contributed by atoms with Gasteiger partial charge in [0.2, 0.25) is 0 Å². The van der Waals surface area contributed by atoms with Gasteiger partial charge < -0.3 is 9.47 Å². The number of fused-ring (bicyclic) bond motifs is 3. The number of rotatable bonds is 5. The standard InChI is InChI=1S/C24H16FIN2O3S/c1-30-20-11-15(10-17(26)22(20)31-13-14-6-8-16(25)9-7-14)12-21-23(29)28-19-5-3-2-4-18(19)27-24(28)32-21/h2-12H,13H2,1H3. The first-order valence-corrected chi connectivity index (χ1v) is 11.6. The van der Waals surface area contributed by atoms with E-state index in [4.69, 9.17) is 9.47 Å². The van der Waals surface area contributed by atoms with Gasteiger partial charge in [0.15, 0.2) is 16.5 Å². The van der Waals surface area contributed by atoms with Crippen LogP contribution < -0.4 is 19.6 Å². The molecule has 3 aromatic carbocycles. The van der Waals surface area contributed by atoms with Gasteiger partial charge in [-0.2, -0.15) is 0 Å². The molecule has 0 amide bonds. The zero-order valence-electron chi connectivity index (χ0n) is 16.8. The maximum Gasteiger partial charge on any atom is 0.274 e. The van der Waals surface area contributed by atoms with Crippen LogP contribution in [0.2, 0.25) is 0 Å². The summed E-state index contributed by atoms with van der Waals surface area (Å²) in [6, 6.07) is 17.5. The number of methoxy groups -OCH3 is 1. The molecule has 0 radical (unpaired) electrons. The van der Waals surface area contributed by atoms with Crippen LogP contribution in [-0.4, -0.2) is 16.5 Å². The lowest BCUT2D eigenvalue weighted by molar-refractivity contribution is 0.282. The number of hydrogen-bond donors (Lipinski definition) is 0. The average molecular weight is 558 g/mol. The quantitative estimate of drug-likeness (QED) is 0.292. The van der Waals surface area contributed by atoms with E-state index in [2.05, 4.69) is 27.6 Å². The monoisotopic (exact) mass is 558 g/mol. The third-order valence-electron chi connectivity index (χ3n) is 4.99. The third kappa shape index (κ3) is 3.84. The van der Waals surface area contributed by atoms with Crippen molar-refractivity contribution in [1.29, 1.82) is 0 Å². The van der Waals surface area contributed by atoms with Crippen LogP contribution in [0.4, 0.5) is 4.39 Å². The molecule has 0 aliphatic carbocycles. The van der Waals surface area contributed by atoms with Crippen molar-refractivity contribution < 1.29 is 13.9 Å². The second kappa shape index (κ2) is 8.51. The predicted octanol–water partition coefficient (Wildman–Crippen LogP) is 4.79. The number of halogens is 2. The van der Waals surface area contributed by atoms with Gasteiger partial charge in [0.1, 0.15) is 12.4 Å². The van der Waals surface area contributed by atoms with E-state index in [0.717, 1.165) is 25.7 Å². The molecule has 0 unspecified atom stereocenters. The molecule has 0 saturated heterocycles. The van der Waals surface area contributed by atoms with Crippen molar-refractivity contribution in [3.05, 3.63) is 96.1 Å². The Morgan fingerprint density at radius 2 is 1.94 bits per heavy atom. The lowest BCUT2D eigenvalue weighted by atomic mass is 10.2. The van der Waals surface area contributed by atoms with Gasteiger partial charge in [-0.1, -0.05) is 35.6 Å². The number of nitrogens with zero attached hydrogens (tertiary/aromatic N) is 2. The molecule has 5 nitrogen and oxygen atoms in total. The van der Waals surface area contributed by atoms with Crippen molar-refractivity contribution in [2.45, 2.75) is 6.61 Å². The Morgan fingerprint density at radius 1 is 1.16 bits per heavy atom. The SMILES string of the molecule is COc1cc(C=c2sc3nc4ccccc4n3c2=O)cc(I)c1OCc1ccc(F)cc1. The van der Waals surface area contributed by atoms with Gasteiger partial charge in [-0.3, -0.25) is 4.79 Å². The third-order valence-corrected chi connectivity index (χ3v) is 6.76. The topological polar surface area (TPSA) is 52.8 Å². The van der Waals surface area contributed by atoms with Crippen molar-refractivity contribution in [3.63, 3.8) is 0 Å². The first-order valence-electron chi connectivity index (χ1n) is 9.70. The van der Waals surface area contributed by atoms with Crippen LogP contribution in [-0.2, 0) is 6.61 Å². The Hall–Kier alpha value is -2.98. The highest BCUT2D eigenvalue weighted by atomic mass is 127. The number of benzene rings is 3. The highest BCUT2D eigenvalue weighted by molar-refractivity contribution is 14.1. The Morgan fingerprint density at radius 3 is 2.72 bits per heavy atom. The number of para-hydroxylation sites is 2. The zero-order valence-corrected chi connectivity index (χ0v) is 19.8. The van der Waals surface area contributed by atoms with Crippen LogP contribution in [0.3, 0.4) is 0 Å². The smallest absolute Gasteiger partial charge is 0.274 e. The van der Waals surface area contributed by atoms with Crippen molar-refractivity contribution in [2.75, 3.05) is 7.11 Å². The molecule has 0 bridgehead atoms. The van der Waals surface area contributed by atoms with Crippen LogP contribution in [0.1, 0.15) is 11.1 Å². The Labute approximate surface area is 199 Å². The molecular weight excluding hydrogens is 542 g/mol. The van der Waals surface area contributed by atoms with Crippen LogP contribution in [0.25, 0.3) is 22.1 Å². The highest BCUT2D eigenvalue weighted by Crippen LogP contribution is 2.35. The summed E-state index contributed by atoms with van der Waals surface area (Å²) in [5.41, 5.74) is 3.20. The van der Waals surface area contributed by atoms with Crippen molar-refractivity contribution in [2.24, 2.45) is 0 Å². The molecule has 2 heterocycles. The summed E-state index contributed by atoms with van der Waals surface area (Å²) in [7, 11) is 1.57. The summed E-state index contributed by atoms with van der Waals surface area (Å²) >= 11 is 3.54. The normalized spacial score (nSPS) is 12.0. The fraction of sp³-hybridized carbons (Fsp3) is 0.0833. The fourth-order valence-corrected chi connectivity index (χ4v) is 5.23. The minimum Gasteiger partial charge on any atom is -0.493 e. The molecule has 0 fully saturated rings. The molecule has 32 heavy (non-hydrogen) atoms. The number of hydrogen-bond acceptors (Lipinski definition) is 5. The van der Waals surface area contributed by atoms with E-state index >= 15 is 0 Å². The van der Waals surface area contributed by atoms with Gasteiger partial charge in [-0.25, -0.2) is 13.8 Å². The Kier molecular flexibility index (Phi) is 5.56. The van der Waals surface area contributed by atoms with Crippen LogP contribution in [0.5, 0.6) is 11.5 Å². The van der Waals surface area contributed by atoms with Crippen molar-refractivity contribution in [1.82, 2.24) is 9.38 Å². The lowest BCUT2D eigenvalue weighted by Crippen LogP contribution is -2.22. The molecule has 0 N–H and O–H groups in total. The summed E-state index contributed by atoms with van der Waals surface area (Å²) in [5, 5.41) is 0. The molecule has 8 heteroatoms. The average Bonchev–Trinajstić information content (AvgIpc) is 3.30. The molecule has 5 rings (SSSR count). The maximum atomic E-state index is 13.1. The second-order valence-electron chi connectivity index (χ2n) is 7.08. The van der Waals surface area contributed by atoms with E-state index in [0.29, 0.717) is 21.0 Å². The molecule has 5 aromatic rings. The van der Waals surface area contributed by atoms with Gasteiger partial charge in [-0.05, 0) is 76.2 Å². The maximum absolute atomic E-state index is 13.1. The number of thiazole rings is 1. The molecule has 0 saturated carbocycles. The molecule has 0 aliphatic heterocycles. The second-order valence-corrected chi connectivity index (χ2v) is 9.25. The summed E-state index contributed by atoms with van der Waals surface area (Å²) < 4.78 is 27.7. The van der Waals surface area contributed by atoms with E-state index in [1.165, 1.54) is 23.5 Å². The number of aromatic nitrogens is 2. The summed E-state index contributed by atoms with van der Waals surface area (Å²) in [4.78, 5) is 18.2. The molecule has 0 spiro atoms. The number of ether oxygens (including phenoxy) is 2. The van der Waals surface area contributed by atoms with Gasteiger partial charge in [0, 0.05) is 0 Å². The lowest BCUT2D eigenvalue weighted by Gasteiger charge is -2.13. The van der Waals surface area contributed by atoms with E-state index < -0.39 is 0 Å². The van der Waals surface area contributed by atoms with E-state index in [9.17, 15) is 9.18 Å². The number of imidazole rings is 1. The first kappa shape index (κ1) is 20.9. The summed E-state index contributed by atoms with van der Waals surface area (Å²) in [6.45, 7) is 0.287. The first-order chi connectivity index (χ1) is 15.5. The van der Waals surface area contributed by atoms with E-state index in [1.807, 2.05) is 42.5 Å². The fourth-order valence-electron chi connectivity index (χ4n) is 3.46. The van der Waals surface area contributed by atoms with Gasteiger partial charge >= 0.3 is 0 Å².